The lowest BCUT2D eigenvalue weighted by Crippen LogP contribution is -2.40. The Morgan fingerprint density at radius 1 is 1.50 bits per heavy atom. The van der Waals surface area contributed by atoms with Crippen molar-refractivity contribution in [3.8, 4) is 0 Å². The number of methoxy groups -OCH3 is 1. The summed E-state index contributed by atoms with van der Waals surface area (Å²) in [6, 6.07) is -0.496. The smallest absolute Gasteiger partial charge is 0.328 e. The molecular weight excluding hydrogens is 202 g/mol. The van der Waals surface area contributed by atoms with Gasteiger partial charge in [0.15, 0.2) is 0 Å². The summed E-state index contributed by atoms with van der Waals surface area (Å²) >= 11 is 1.72. The monoisotopic (exact) mass is 219 g/mol. The third-order valence-electron chi connectivity index (χ3n) is 1.70. The summed E-state index contributed by atoms with van der Waals surface area (Å²) in [6.07, 6.45) is 3.53. The van der Waals surface area contributed by atoms with Crippen molar-refractivity contribution < 1.29 is 14.3 Å². The maximum atomic E-state index is 11.2. The number of hydrogen-bond donors (Lipinski definition) is 1. The fourth-order valence-electron chi connectivity index (χ4n) is 1.07. The van der Waals surface area contributed by atoms with E-state index in [0.717, 1.165) is 12.2 Å². The van der Waals surface area contributed by atoms with E-state index in [1.165, 1.54) is 14.0 Å². The highest BCUT2D eigenvalue weighted by molar-refractivity contribution is 7.98. The maximum Gasteiger partial charge on any atom is 0.328 e. The Hall–Kier alpha value is -0.710. The molecule has 0 saturated carbocycles. The van der Waals surface area contributed by atoms with Crippen LogP contribution in [0.25, 0.3) is 0 Å². The second kappa shape index (κ2) is 7.67. The average molecular weight is 219 g/mol. The zero-order valence-corrected chi connectivity index (χ0v) is 9.65. The first-order chi connectivity index (χ1) is 6.61. The number of carbonyl (C=O) groups is 2. The molecule has 0 aromatic heterocycles. The minimum Gasteiger partial charge on any atom is -0.467 e. The Morgan fingerprint density at radius 2 is 2.14 bits per heavy atom. The van der Waals surface area contributed by atoms with Crippen molar-refractivity contribution in [1.29, 1.82) is 0 Å². The molecule has 0 heterocycles. The molecule has 0 bridgehead atoms. The van der Waals surface area contributed by atoms with Gasteiger partial charge in [-0.25, -0.2) is 4.79 Å². The summed E-state index contributed by atoms with van der Waals surface area (Å²) < 4.78 is 4.58. The molecule has 0 rings (SSSR count). The number of esters is 1. The molecule has 14 heavy (non-hydrogen) atoms. The highest BCUT2D eigenvalue weighted by atomic mass is 32.2. The lowest BCUT2D eigenvalue weighted by molar-refractivity contribution is -0.145. The van der Waals surface area contributed by atoms with E-state index in [4.69, 9.17) is 0 Å². The molecule has 0 unspecified atom stereocenters. The highest BCUT2D eigenvalue weighted by Gasteiger charge is 2.18. The number of carbonyl (C=O) groups excluding carboxylic acids is 2. The molecule has 1 amide bonds. The Kier molecular flexibility index (Phi) is 7.28. The van der Waals surface area contributed by atoms with Gasteiger partial charge in [-0.1, -0.05) is 0 Å². The van der Waals surface area contributed by atoms with Gasteiger partial charge in [0.25, 0.3) is 0 Å². The van der Waals surface area contributed by atoms with Crippen LogP contribution in [0.2, 0.25) is 0 Å². The molecule has 0 fully saturated rings. The van der Waals surface area contributed by atoms with E-state index in [1.807, 2.05) is 6.26 Å². The first-order valence-corrected chi connectivity index (χ1v) is 5.85. The molecule has 0 aromatic rings. The topological polar surface area (TPSA) is 55.4 Å². The van der Waals surface area contributed by atoms with Gasteiger partial charge in [0.2, 0.25) is 5.91 Å². The van der Waals surface area contributed by atoms with Gasteiger partial charge >= 0.3 is 5.97 Å². The van der Waals surface area contributed by atoms with Gasteiger partial charge in [0, 0.05) is 6.92 Å². The van der Waals surface area contributed by atoms with Gasteiger partial charge in [0.05, 0.1) is 7.11 Å². The van der Waals surface area contributed by atoms with Gasteiger partial charge in [-0.15, -0.1) is 0 Å². The molecule has 1 atom stereocenters. The molecule has 0 radical (unpaired) electrons. The van der Waals surface area contributed by atoms with E-state index in [9.17, 15) is 9.59 Å². The highest BCUT2D eigenvalue weighted by Crippen LogP contribution is 2.04. The minimum absolute atomic E-state index is 0.204. The van der Waals surface area contributed by atoms with Crippen LogP contribution in [0.15, 0.2) is 0 Å². The Morgan fingerprint density at radius 3 is 2.57 bits per heavy atom. The number of thioether (sulfide) groups is 1. The molecule has 5 heteroatoms. The lowest BCUT2D eigenvalue weighted by Gasteiger charge is -2.14. The quantitative estimate of drug-likeness (QED) is 0.530. The lowest BCUT2D eigenvalue weighted by atomic mass is 10.1. The zero-order valence-electron chi connectivity index (χ0n) is 8.83. The van der Waals surface area contributed by atoms with Crippen molar-refractivity contribution in [3.63, 3.8) is 0 Å². The molecule has 0 aliphatic carbocycles. The van der Waals surface area contributed by atoms with Crippen molar-refractivity contribution in [2.24, 2.45) is 0 Å². The summed E-state index contributed by atoms with van der Waals surface area (Å²) in [5.74, 6) is 0.401. The van der Waals surface area contributed by atoms with E-state index < -0.39 is 6.04 Å². The predicted octanol–water partition coefficient (Wildman–Crippen LogP) is 0.807. The van der Waals surface area contributed by atoms with E-state index in [2.05, 4.69) is 10.1 Å². The fraction of sp³-hybridized carbons (Fsp3) is 0.778. The largest absolute Gasteiger partial charge is 0.467 e. The molecule has 0 aliphatic rings. The van der Waals surface area contributed by atoms with Gasteiger partial charge in [-0.05, 0) is 24.9 Å². The third kappa shape index (κ3) is 5.85. The van der Waals surface area contributed by atoms with E-state index in [1.54, 1.807) is 11.8 Å². The molecule has 4 nitrogen and oxygen atoms in total. The van der Waals surface area contributed by atoms with Crippen LogP contribution in [0, 0.1) is 0 Å². The van der Waals surface area contributed by atoms with Gasteiger partial charge < -0.3 is 10.1 Å². The van der Waals surface area contributed by atoms with Gasteiger partial charge in [-0.2, -0.15) is 11.8 Å². The fourth-order valence-corrected chi connectivity index (χ4v) is 1.52. The third-order valence-corrected chi connectivity index (χ3v) is 2.40. The maximum absolute atomic E-state index is 11.2. The first kappa shape index (κ1) is 13.3. The summed E-state index contributed by atoms with van der Waals surface area (Å²) in [6.45, 7) is 1.39. The summed E-state index contributed by atoms with van der Waals surface area (Å²) in [5.41, 5.74) is 0. The van der Waals surface area contributed by atoms with Crippen LogP contribution in [0.5, 0.6) is 0 Å². The minimum atomic E-state index is -0.496. The molecule has 82 valence electrons. The Balaban J connectivity index is 3.97. The number of hydrogen-bond acceptors (Lipinski definition) is 4. The van der Waals surface area contributed by atoms with Crippen LogP contribution in [0.1, 0.15) is 19.8 Å². The number of amides is 1. The normalized spacial score (nSPS) is 11.9. The summed E-state index contributed by atoms with van der Waals surface area (Å²) in [5, 5.41) is 2.57. The van der Waals surface area contributed by atoms with Crippen LogP contribution >= 0.6 is 11.8 Å². The number of ether oxygens (including phenoxy) is 1. The van der Waals surface area contributed by atoms with Gasteiger partial charge in [-0.3, -0.25) is 4.79 Å². The number of nitrogens with one attached hydrogen (secondary N) is 1. The van der Waals surface area contributed by atoms with Crippen molar-refractivity contribution >= 4 is 23.6 Å². The van der Waals surface area contributed by atoms with Crippen LogP contribution in [-0.2, 0) is 14.3 Å². The van der Waals surface area contributed by atoms with Crippen LogP contribution in [0.4, 0.5) is 0 Å². The van der Waals surface area contributed by atoms with Crippen LogP contribution in [0.3, 0.4) is 0 Å². The molecule has 1 N–H and O–H groups in total. The van der Waals surface area contributed by atoms with E-state index in [0.29, 0.717) is 6.42 Å². The van der Waals surface area contributed by atoms with Crippen molar-refractivity contribution in [2.75, 3.05) is 19.1 Å². The zero-order chi connectivity index (χ0) is 11.0. The average Bonchev–Trinajstić information content (AvgIpc) is 2.15. The van der Waals surface area contributed by atoms with Crippen LogP contribution < -0.4 is 5.32 Å². The summed E-state index contributed by atoms with van der Waals surface area (Å²) in [4.78, 5) is 22.0. The molecule has 0 saturated heterocycles. The first-order valence-electron chi connectivity index (χ1n) is 4.45. The number of rotatable bonds is 6. The molecule has 0 spiro atoms. The SMILES string of the molecule is COC(=O)[C@H](CCCSC)NC(C)=O. The van der Waals surface area contributed by atoms with Crippen molar-refractivity contribution in [1.82, 2.24) is 5.32 Å². The summed E-state index contributed by atoms with van der Waals surface area (Å²) in [7, 11) is 1.33. The second-order valence-electron chi connectivity index (χ2n) is 2.91. The Bertz CT molecular complexity index is 196. The second-order valence-corrected chi connectivity index (χ2v) is 3.90. The molecule has 0 aliphatic heterocycles. The molecule has 0 aromatic carbocycles. The van der Waals surface area contributed by atoms with Crippen LogP contribution in [-0.4, -0.2) is 37.0 Å². The van der Waals surface area contributed by atoms with Crippen molar-refractivity contribution in [2.45, 2.75) is 25.8 Å². The standard InChI is InChI=1S/C9H17NO3S/c1-7(11)10-8(9(12)13-2)5-4-6-14-3/h8H,4-6H2,1-3H3,(H,10,11)/t8-/m0/s1. The van der Waals surface area contributed by atoms with Crippen molar-refractivity contribution in [3.05, 3.63) is 0 Å². The molecular formula is C9H17NO3S. The predicted molar refractivity (Wildman–Crippen MR) is 57.2 cm³/mol. The van der Waals surface area contributed by atoms with E-state index >= 15 is 0 Å². The van der Waals surface area contributed by atoms with Gasteiger partial charge in [0.1, 0.15) is 6.04 Å². The Labute approximate surface area is 88.8 Å². The van der Waals surface area contributed by atoms with E-state index in [-0.39, 0.29) is 11.9 Å².